The summed E-state index contributed by atoms with van der Waals surface area (Å²) in [5, 5.41) is 12.5. The van der Waals surface area contributed by atoms with Crippen LogP contribution < -0.4 is 5.32 Å². The third kappa shape index (κ3) is 6.36. The Kier molecular flexibility index (Phi) is 8.02. The minimum Gasteiger partial charge on any atom is -0.354 e. The van der Waals surface area contributed by atoms with Crippen molar-refractivity contribution < 1.29 is 0 Å². The van der Waals surface area contributed by atoms with E-state index in [1.165, 1.54) is 0 Å². The minimum absolute atomic E-state index is 0.452. The van der Waals surface area contributed by atoms with Crippen molar-refractivity contribution in [3.8, 4) is 45.0 Å². The van der Waals surface area contributed by atoms with Crippen molar-refractivity contribution in [1.82, 2.24) is 15.3 Å². The molecule has 0 bridgehead atoms. The van der Waals surface area contributed by atoms with Crippen LogP contribution in [0.2, 0.25) is 0 Å². The molecule has 0 unspecified atom stereocenters. The Morgan fingerprint density at radius 2 is 1.00 bits per heavy atom. The lowest BCUT2D eigenvalue weighted by Crippen LogP contribution is -2.17. The lowest BCUT2D eigenvalue weighted by atomic mass is 9.92. The zero-order valence-corrected chi connectivity index (χ0v) is 26.7. The first-order valence-electron chi connectivity index (χ1n) is 16.3. The van der Waals surface area contributed by atoms with Crippen LogP contribution in [0.15, 0.2) is 176 Å². The number of hydrogen-bond donors (Lipinski definition) is 2. The van der Waals surface area contributed by atoms with Gasteiger partial charge in [-0.25, -0.2) is 9.97 Å². The topological polar surface area (TPSA) is 61.7 Å². The third-order valence-electron chi connectivity index (χ3n) is 8.71. The Balaban J connectivity index is 1.17. The fourth-order valence-corrected chi connectivity index (χ4v) is 6.13. The summed E-state index contributed by atoms with van der Waals surface area (Å²) in [6, 6.07) is 57.7. The molecular formula is C45H32N4. The maximum atomic E-state index is 8.89. The number of nitrogens with zero attached hydrogens (tertiary/aromatic N) is 2. The molecule has 0 atom stereocenters. The van der Waals surface area contributed by atoms with Crippen molar-refractivity contribution in [3.05, 3.63) is 198 Å². The smallest absolute Gasteiger partial charge is 0.160 e. The van der Waals surface area contributed by atoms with Gasteiger partial charge in [-0.1, -0.05) is 158 Å². The van der Waals surface area contributed by atoms with E-state index in [1.54, 1.807) is 0 Å². The van der Waals surface area contributed by atoms with Crippen LogP contribution >= 0.6 is 0 Å². The van der Waals surface area contributed by atoms with Gasteiger partial charge in [-0.15, -0.1) is 0 Å². The van der Waals surface area contributed by atoms with Crippen molar-refractivity contribution in [3.63, 3.8) is 0 Å². The quantitative estimate of drug-likeness (QED) is 0.173. The van der Waals surface area contributed by atoms with Crippen molar-refractivity contribution in [2.24, 2.45) is 0 Å². The Hall–Kier alpha value is -6.65. The molecule has 4 heteroatoms. The highest BCUT2D eigenvalue weighted by atomic mass is 14.9. The van der Waals surface area contributed by atoms with Gasteiger partial charge in [0.2, 0.25) is 0 Å². The first kappa shape index (κ1) is 29.7. The second kappa shape index (κ2) is 13.2. The van der Waals surface area contributed by atoms with Crippen molar-refractivity contribution in [2.45, 2.75) is 0 Å². The predicted molar refractivity (Wildman–Crippen MR) is 202 cm³/mol. The average molecular weight is 629 g/mol. The van der Waals surface area contributed by atoms with Crippen LogP contribution in [0.5, 0.6) is 0 Å². The van der Waals surface area contributed by atoms with Gasteiger partial charge in [0, 0.05) is 33.6 Å². The van der Waals surface area contributed by atoms with Gasteiger partial charge in [-0.05, 0) is 52.1 Å². The molecule has 0 aliphatic carbocycles. The summed E-state index contributed by atoms with van der Waals surface area (Å²) in [6.07, 6.45) is 4.12. The summed E-state index contributed by atoms with van der Waals surface area (Å²) in [6.45, 7) is 0. The van der Waals surface area contributed by atoms with E-state index in [0.29, 0.717) is 11.5 Å². The molecule has 0 saturated heterocycles. The summed E-state index contributed by atoms with van der Waals surface area (Å²) in [7, 11) is 0. The molecule has 49 heavy (non-hydrogen) atoms. The molecule has 4 nitrogen and oxygen atoms in total. The Bertz CT molecular complexity index is 2270. The van der Waals surface area contributed by atoms with E-state index < -0.39 is 0 Å². The summed E-state index contributed by atoms with van der Waals surface area (Å²) >= 11 is 0. The summed E-state index contributed by atoms with van der Waals surface area (Å²) in [5.41, 5.74) is 13.5. The molecule has 2 heterocycles. The largest absolute Gasteiger partial charge is 0.354 e. The lowest BCUT2D eigenvalue weighted by Gasteiger charge is -2.23. The zero-order chi connectivity index (χ0) is 33.0. The van der Waals surface area contributed by atoms with Crippen LogP contribution in [0, 0.1) is 5.41 Å². The van der Waals surface area contributed by atoms with Crippen LogP contribution in [0.25, 0.3) is 62.5 Å². The van der Waals surface area contributed by atoms with Gasteiger partial charge in [0.15, 0.2) is 5.82 Å². The van der Waals surface area contributed by atoms with Crippen LogP contribution in [-0.4, -0.2) is 15.7 Å². The summed E-state index contributed by atoms with van der Waals surface area (Å²) < 4.78 is 0. The van der Waals surface area contributed by atoms with Gasteiger partial charge in [-0.2, -0.15) is 0 Å². The van der Waals surface area contributed by atoms with Crippen LogP contribution in [0.1, 0.15) is 22.3 Å². The number of nitrogens with one attached hydrogen (secondary N) is 2. The highest BCUT2D eigenvalue weighted by molar-refractivity contribution is 6.12. The van der Waals surface area contributed by atoms with Crippen molar-refractivity contribution in [2.75, 3.05) is 0 Å². The molecule has 1 aliphatic rings. The third-order valence-corrected chi connectivity index (χ3v) is 8.71. The van der Waals surface area contributed by atoms with E-state index in [9.17, 15) is 0 Å². The van der Waals surface area contributed by atoms with Gasteiger partial charge < -0.3 is 10.7 Å². The normalized spacial score (nSPS) is 12.9. The highest BCUT2D eigenvalue weighted by Crippen LogP contribution is 2.35. The molecule has 0 saturated carbocycles. The molecule has 8 rings (SSSR count). The summed E-state index contributed by atoms with van der Waals surface area (Å²) in [4.78, 5) is 9.94. The van der Waals surface area contributed by atoms with Crippen molar-refractivity contribution >= 4 is 23.2 Å². The van der Waals surface area contributed by atoms with Gasteiger partial charge in [0.1, 0.15) is 0 Å². The van der Waals surface area contributed by atoms with Gasteiger partial charge in [-0.3, -0.25) is 0 Å². The molecule has 232 valence electrons. The molecule has 0 radical (unpaired) electrons. The number of allylic oxidation sites excluding steroid dienone is 1. The zero-order valence-electron chi connectivity index (χ0n) is 26.7. The molecule has 1 aliphatic heterocycles. The molecule has 6 aromatic carbocycles. The predicted octanol–water partition coefficient (Wildman–Crippen LogP) is 10.7. The molecule has 1 aromatic heterocycles. The molecule has 0 spiro atoms. The first-order chi connectivity index (χ1) is 24.2. The number of benzene rings is 6. The summed E-state index contributed by atoms with van der Waals surface area (Å²) in [5.74, 6) is 0.700. The van der Waals surface area contributed by atoms with E-state index in [1.807, 2.05) is 103 Å². The number of aromatic nitrogens is 2. The number of fused-ring (bicyclic) bond motifs is 1. The van der Waals surface area contributed by atoms with Gasteiger partial charge in [0.25, 0.3) is 0 Å². The Morgan fingerprint density at radius 1 is 0.490 bits per heavy atom. The van der Waals surface area contributed by atoms with Crippen LogP contribution in [0.4, 0.5) is 0 Å². The van der Waals surface area contributed by atoms with Gasteiger partial charge in [0.05, 0.1) is 17.1 Å². The number of hydrogen-bond acceptors (Lipinski definition) is 4. The first-order valence-corrected chi connectivity index (χ1v) is 16.3. The Labute approximate surface area is 286 Å². The fraction of sp³-hybridized carbons (Fsp3) is 0. The second-order valence-electron chi connectivity index (χ2n) is 12.0. The van der Waals surface area contributed by atoms with E-state index in [2.05, 4.69) is 84.2 Å². The van der Waals surface area contributed by atoms with Crippen LogP contribution in [0.3, 0.4) is 0 Å². The molecular weight excluding hydrogens is 597 g/mol. The minimum atomic E-state index is 0.452. The average Bonchev–Trinajstić information content (AvgIpc) is 3.19. The number of rotatable bonds is 7. The van der Waals surface area contributed by atoms with E-state index >= 15 is 0 Å². The van der Waals surface area contributed by atoms with Crippen LogP contribution in [-0.2, 0) is 0 Å². The fourth-order valence-electron chi connectivity index (χ4n) is 6.13. The monoisotopic (exact) mass is 628 g/mol. The van der Waals surface area contributed by atoms with Crippen molar-refractivity contribution in [1.29, 1.82) is 5.41 Å². The molecule has 0 amide bonds. The van der Waals surface area contributed by atoms with E-state index in [4.69, 9.17) is 15.4 Å². The Morgan fingerprint density at radius 3 is 1.63 bits per heavy atom. The maximum absolute atomic E-state index is 8.89. The molecule has 0 fully saturated rings. The van der Waals surface area contributed by atoms with Gasteiger partial charge >= 0.3 is 0 Å². The van der Waals surface area contributed by atoms with E-state index in [0.717, 1.165) is 72.9 Å². The van der Waals surface area contributed by atoms with E-state index in [-0.39, 0.29) is 0 Å². The second-order valence-corrected chi connectivity index (χ2v) is 12.0. The standard InChI is InChI=1S/C45H32N4/c46-40(32-13-5-1-6-14-32)29-44-39-27-37(25-26-38(39)28-41(47-44)33-15-7-2-8-16-33)31-21-23-35(24-22-31)43-30-42(34-17-9-3-10-18-34)48-45(49-43)36-19-11-4-12-20-36/h1-30,46-47H/b44-29-,46-40?. The maximum Gasteiger partial charge on any atom is 0.160 e. The molecule has 2 N–H and O–H groups in total. The molecule has 7 aromatic rings. The highest BCUT2D eigenvalue weighted by Gasteiger charge is 2.18. The lowest BCUT2D eigenvalue weighted by molar-refractivity contribution is 1.18. The SMILES string of the molecule is N=C(/C=C1\NC(c2ccccc2)=Cc2ccc(-c3ccc(-c4cc(-c5ccccc5)nc(-c5ccccc5)n4)cc3)cc21)c1ccccc1.